The highest BCUT2D eigenvalue weighted by Crippen LogP contribution is 2.30. The van der Waals surface area contributed by atoms with Gasteiger partial charge in [-0.15, -0.1) is 12.4 Å². The van der Waals surface area contributed by atoms with Crippen LogP contribution in [-0.2, 0) is 0 Å². The van der Waals surface area contributed by atoms with Gasteiger partial charge in [0.1, 0.15) is 12.6 Å². The Kier molecular flexibility index (Phi) is 6.64. The van der Waals surface area contributed by atoms with Crippen molar-refractivity contribution in [3.8, 4) is 0 Å². The van der Waals surface area contributed by atoms with Crippen LogP contribution in [0.1, 0.15) is 32.6 Å². The number of nitrogens with zero attached hydrogens (tertiary/aromatic N) is 1. The first kappa shape index (κ1) is 18.3. The van der Waals surface area contributed by atoms with Gasteiger partial charge in [-0.05, 0) is 25.0 Å². The summed E-state index contributed by atoms with van der Waals surface area (Å²) in [6, 6.07) is 9.99. The number of para-hydroxylation sites is 1. The number of hydrogen-bond acceptors (Lipinski definition) is 2. The molecule has 1 fully saturated rings. The van der Waals surface area contributed by atoms with E-state index in [1.54, 1.807) is 0 Å². The zero-order valence-electron chi connectivity index (χ0n) is 12.9. The Balaban J connectivity index is 0.00000242. The molecule has 6 nitrogen and oxygen atoms in total. The Hall–Kier alpha value is -1.79. The smallest absolute Gasteiger partial charge is 0.324 e. The fraction of sp³-hybridized carbons (Fsp3) is 0.467. The van der Waals surface area contributed by atoms with Gasteiger partial charge in [-0.3, -0.25) is 10.7 Å². The monoisotopic (exact) mass is 325 g/mol. The number of halogens is 1. The first-order valence-corrected chi connectivity index (χ1v) is 7.49. The highest BCUT2D eigenvalue weighted by molar-refractivity contribution is 5.87. The van der Waals surface area contributed by atoms with Crippen LogP contribution in [0.15, 0.2) is 30.3 Å². The molecule has 0 radical (unpaired) electrons. The summed E-state index contributed by atoms with van der Waals surface area (Å²) in [5.41, 5.74) is 9.50. The number of nitrogens with one attached hydrogen (secondary N) is 4. The predicted molar refractivity (Wildman–Crippen MR) is 93.1 cm³/mol. The Morgan fingerprint density at radius 1 is 1.27 bits per heavy atom. The molecule has 0 aliphatic heterocycles. The van der Waals surface area contributed by atoms with Gasteiger partial charge in [0.05, 0.1) is 0 Å². The number of anilines is 1. The van der Waals surface area contributed by atoms with Crippen molar-refractivity contribution in [2.24, 2.45) is 5.73 Å². The van der Waals surface area contributed by atoms with Crippen molar-refractivity contribution in [2.75, 3.05) is 11.9 Å². The van der Waals surface area contributed by atoms with E-state index in [1.807, 2.05) is 30.3 Å². The number of hydrogen-bond donors (Lipinski definition) is 5. The number of nitrogens with two attached hydrogens (primary N) is 1. The minimum atomic E-state index is -0.0880. The van der Waals surface area contributed by atoms with Crippen LogP contribution in [0.2, 0.25) is 0 Å². The zero-order valence-corrected chi connectivity index (χ0v) is 13.7. The molecule has 7 heteroatoms. The summed E-state index contributed by atoms with van der Waals surface area (Å²) in [7, 11) is 0. The van der Waals surface area contributed by atoms with E-state index in [0.29, 0.717) is 12.0 Å². The van der Waals surface area contributed by atoms with Crippen LogP contribution in [-0.4, -0.2) is 29.1 Å². The lowest BCUT2D eigenvalue weighted by Gasteiger charge is -2.46. The quantitative estimate of drug-likeness (QED) is 0.255. The summed E-state index contributed by atoms with van der Waals surface area (Å²) < 4.78 is 0.237. The molecule has 1 aliphatic carbocycles. The average molecular weight is 326 g/mol. The second kappa shape index (κ2) is 8.00. The van der Waals surface area contributed by atoms with Gasteiger partial charge in [-0.25, -0.2) is 5.41 Å². The predicted octanol–water partition coefficient (Wildman–Crippen LogP) is 2.63. The van der Waals surface area contributed by atoms with Crippen LogP contribution in [0.5, 0.6) is 0 Å². The summed E-state index contributed by atoms with van der Waals surface area (Å²) in [5, 5.41) is 19.3. The van der Waals surface area contributed by atoms with Gasteiger partial charge >= 0.3 is 5.96 Å². The van der Waals surface area contributed by atoms with E-state index in [9.17, 15) is 0 Å². The lowest BCUT2D eigenvalue weighted by atomic mass is 9.90. The topological polar surface area (TPSA) is 97.8 Å². The molecular weight excluding hydrogens is 300 g/mol. The van der Waals surface area contributed by atoms with Crippen molar-refractivity contribution < 1.29 is 4.59 Å². The molecule has 0 saturated heterocycles. The van der Waals surface area contributed by atoms with Crippen molar-refractivity contribution >= 4 is 30.0 Å². The SMILES string of the molecule is CCC[N+](NC(=N)N)(C(=N)Nc1ccccc1)C1CCC1.Cl. The lowest BCUT2D eigenvalue weighted by Crippen LogP contribution is -2.72. The molecule has 2 rings (SSSR count). The highest BCUT2D eigenvalue weighted by atomic mass is 35.5. The van der Waals surface area contributed by atoms with Crippen LogP contribution in [0, 0.1) is 10.8 Å². The van der Waals surface area contributed by atoms with Gasteiger partial charge in [-0.1, -0.05) is 25.1 Å². The number of benzene rings is 1. The van der Waals surface area contributed by atoms with Crippen molar-refractivity contribution in [3.63, 3.8) is 0 Å². The molecule has 1 saturated carbocycles. The summed E-state index contributed by atoms with van der Waals surface area (Å²) in [6.07, 6.45) is 4.19. The molecule has 0 spiro atoms. The van der Waals surface area contributed by atoms with Crippen molar-refractivity contribution in [1.29, 1.82) is 10.8 Å². The molecule has 1 unspecified atom stereocenters. The molecule has 6 N–H and O–H groups in total. The van der Waals surface area contributed by atoms with Gasteiger partial charge in [0, 0.05) is 18.5 Å². The maximum absolute atomic E-state index is 8.54. The van der Waals surface area contributed by atoms with E-state index >= 15 is 0 Å². The normalized spacial score (nSPS) is 16.6. The second-order valence-corrected chi connectivity index (χ2v) is 5.54. The number of quaternary nitrogens is 1. The van der Waals surface area contributed by atoms with Gasteiger partial charge in [0.25, 0.3) is 0 Å². The third-order valence-corrected chi connectivity index (χ3v) is 4.03. The summed E-state index contributed by atoms with van der Waals surface area (Å²) in [5.74, 6) is 0.262. The van der Waals surface area contributed by atoms with E-state index in [2.05, 4.69) is 17.7 Å². The van der Waals surface area contributed by atoms with Gasteiger partial charge in [-0.2, -0.15) is 10.0 Å². The average Bonchev–Trinajstić information content (AvgIpc) is 2.37. The van der Waals surface area contributed by atoms with Crippen molar-refractivity contribution in [3.05, 3.63) is 30.3 Å². The highest BCUT2D eigenvalue weighted by Gasteiger charge is 2.46. The molecule has 0 bridgehead atoms. The Morgan fingerprint density at radius 2 is 1.91 bits per heavy atom. The Labute approximate surface area is 138 Å². The fourth-order valence-corrected chi connectivity index (χ4v) is 2.83. The molecule has 0 amide bonds. The molecule has 0 aromatic heterocycles. The Bertz CT molecular complexity index is 502. The van der Waals surface area contributed by atoms with Crippen LogP contribution in [0.4, 0.5) is 5.69 Å². The van der Waals surface area contributed by atoms with E-state index in [0.717, 1.165) is 31.5 Å². The minimum absolute atomic E-state index is 0. The van der Waals surface area contributed by atoms with Gasteiger partial charge in [0.15, 0.2) is 0 Å². The third-order valence-electron chi connectivity index (χ3n) is 4.03. The maximum Gasteiger partial charge on any atom is 0.324 e. The number of guanidine groups is 2. The summed E-state index contributed by atoms with van der Waals surface area (Å²) in [4.78, 5) is 0. The third kappa shape index (κ3) is 3.90. The molecule has 1 atom stereocenters. The first-order valence-electron chi connectivity index (χ1n) is 7.49. The van der Waals surface area contributed by atoms with E-state index in [-0.39, 0.29) is 23.0 Å². The fourth-order valence-electron chi connectivity index (χ4n) is 2.83. The molecular formula is C15H26ClN6+. The largest absolute Gasteiger partial charge is 0.366 e. The van der Waals surface area contributed by atoms with Crippen LogP contribution < -0.4 is 16.5 Å². The summed E-state index contributed by atoms with van der Waals surface area (Å²) >= 11 is 0. The molecule has 0 heterocycles. The Morgan fingerprint density at radius 3 is 2.36 bits per heavy atom. The lowest BCUT2D eigenvalue weighted by molar-refractivity contribution is -0.908. The van der Waals surface area contributed by atoms with Crippen molar-refractivity contribution in [1.82, 2.24) is 5.43 Å². The van der Waals surface area contributed by atoms with Crippen LogP contribution in [0.25, 0.3) is 0 Å². The molecule has 1 aromatic rings. The van der Waals surface area contributed by atoms with Gasteiger partial charge < -0.3 is 5.73 Å². The number of rotatable bonds is 4. The zero-order chi connectivity index (χ0) is 15.3. The van der Waals surface area contributed by atoms with Gasteiger partial charge in [0.2, 0.25) is 5.96 Å². The van der Waals surface area contributed by atoms with Crippen LogP contribution >= 0.6 is 12.4 Å². The molecule has 122 valence electrons. The van der Waals surface area contributed by atoms with E-state index in [1.165, 1.54) is 6.42 Å². The standard InChI is InChI=1S/C15H25N6.ClH/c1-2-11-21(20-14(16)17,13-9-6-10-13)15(18)19-12-7-4-3-5-8-12;/h3-5,7-8,13H,2,6,9-11H2,1H3,(H2,18,19)(H4,16,17,20);1H/q+1;. The van der Waals surface area contributed by atoms with E-state index < -0.39 is 0 Å². The molecule has 1 aromatic carbocycles. The second-order valence-electron chi connectivity index (χ2n) is 5.54. The minimum Gasteiger partial charge on any atom is -0.366 e. The van der Waals surface area contributed by atoms with E-state index in [4.69, 9.17) is 16.6 Å². The molecule has 22 heavy (non-hydrogen) atoms. The van der Waals surface area contributed by atoms with Crippen molar-refractivity contribution in [2.45, 2.75) is 38.6 Å². The van der Waals surface area contributed by atoms with Crippen LogP contribution in [0.3, 0.4) is 0 Å². The first-order chi connectivity index (χ1) is 10.1. The summed E-state index contributed by atoms with van der Waals surface area (Å²) in [6.45, 7) is 2.83. The molecule has 1 aliphatic rings. The maximum atomic E-state index is 8.54.